The van der Waals surface area contributed by atoms with Gasteiger partial charge in [0.25, 0.3) is 11.5 Å². The first kappa shape index (κ1) is 22.3. The van der Waals surface area contributed by atoms with Crippen LogP contribution < -0.4 is 20.3 Å². The molecule has 4 rings (SSSR count). The number of nitrogens with zero attached hydrogens (tertiary/aromatic N) is 2. The van der Waals surface area contributed by atoms with Gasteiger partial charge in [-0.1, -0.05) is 48.0 Å². The van der Waals surface area contributed by atoms with E-state index in [1.165, 1.54) is 23.3 Å². The van der Waals surface area contributed by atoms with Gasteiger partial charge in [0.15, 0.2) is 5.82 Å². The van der Waals surface area contributed by atoms with Gasteiger partial charge in [-0.2, -0.15) is 4.98 Å². The normalized spacial score (nSPS) is 12.5. The Morgan fingerprint density at radius 2 is 1.91 bits per heavy atom. The molecule has 0 atom stereocenters. The van der Waals surface area contributed by atoms with Crippen molar-refractivity contribution in [1.29, 1.82) is 0 Å². The van der Waals surface area contributed by atoms with Gasteiger partial charge in [0.05, 0.1) is 31.9 Å². The van der Waals surface area contributed by atoms with Gasteiger partial charge in [0.2, 0.25) is 5.88 Å². The minimum atomic E-state index is -0.272. The molecule has 1 aliphatic rings. The Morgan fingerprint density at radius 3 is 2.64 bits per heavy atom. The van der Waals surface area contributed by atoms with Crippen molar-refractivity contribution in [2.45, 2.75) is 26.8 Å². The van der Waals surface area contributed by atoms with Gasteiger partial charge in [-0.25, -0.2) is 0 Å². The van der Waals surface area contributed by atoms with E-state index in [0.29, 0.717) is 31.0 Å². The van der Waals surface area contributed by atoms with Crippen molar-refractivity contribution in [2.24, 2.45) is 0 Å². The lowest BCUT2D eigenvalue weighted by molar-refractivity contribution is -0.115. The Kier molecular flexibility index (Phi) is 6.58. The Bertz CT molecular complexity index is 1260. The molecule has 170 valence electrons. The highest BCUT2D eigenvalue weighted by atomic mass is 16.5. The summed E-state index contributed by atoms with van der Waals surface area (Å²) in [5.41, 5.74) is 4.06. The Labute approximate surface area is 192 Å². The summed E-state index contributed by atoms with van der Waals surface area (Å²) in [4.78, 5) is 30.2. The SMILES string of the molecule is COc1cc(=O)n2c(n1)C(C(=O)NCCCOc1ccc(C)cc1C)=C(c1ccccc1)C2. The lowest BCUT2D eigenvalue weighted by atomic mass is 10.0. The molecule has 3 aromatic rings. The number of aryl methyl sites for hydroxylation is 2. The van der Waals surface area contributed by atoms with E-state index < -0.39 is 0 Å². The number of allylic oxidation sites excluding steroid dienone is 1. The number of rotatable bonds is 8. The number of nitrogens with one attached hydrogen (secondary N) is 1. The average molecular weight is 446 g/mol. The van der Waals surface area contributed by atoms with Gasteiger partial charge in [0.1, 0.15) is 5.75 Å². The third-order valence-corrected chi connectivity index (χ3v) is 5.58. The van der Waals surface area contributed by atoms with Crippen LogP contribution in [0.25, 0.3) is 11.1 Å². The molecular formula is C26H27N3O4. The highest BCUT2D eigenvalue weighted by Crippen LogP contribution is 2.33. The molecule has 0 saturated carbocycles. The molecule has 0 aliphatic carbocycles. The molecule has 2 aromatic carbocycles. The van der Waals surface area contributed by atoms with Crippen molar-refractivity contribution in [3.63, 3.8) is 0 Å². The second-order valence-electron chi connectivity index (χ2n) is 7.99. The second kappa shape index (κ2) is 9.73. The van der Waals surface area contributed by atoms with Crippen molar-refractivity contribution in [2.75, 3.05) is 20.3 Å². The maximum Gasteiger partial charge on any atom is 0.257 e. The van der Waals surface area contributed by atoms with E-state index in [1.807, 2.05) is 56.3 Å². The lowest BCUT2D eigenvalue weighted by Gasteiger charge is -2.11. The third kappa shape index (κ3) is 4.82. The predicted octanol–water partition coefficient (Wildman–Crippen LogP) is 3.38. The molecule has 33 heavy (non-hydrogen) atoms. The number of hydrogen-bond donors (Lipinski definition) is 1. The molecule has 0 radical (unpaired) electrons. The first-order valence-corrected chi connectivity index (χ1v) is 10.9. The topological polar surface area (TPSA) is 82.5 Å². The second-order valence-corrected chi connectivity index (χ2v) is 7.99. The Morgan fingerprint density at radius 1 is 1.12 bits per heavy atom. The quantitative estimate of drug-likeness (QED) is 0.538. The fourth-order valence-corrected chi connectivity index (χ4v) is 3.92. The summed E-state index contributed by atoms with van der Waals surface area (Å²) in [6, 6.07) is 17.0. The van der Waals surface area contributed by atoms with E-state index in [2.05, 4.69) is 16.4 Å². The number of carbonyl (C=O) groups is 1. The molecule has 0 spiro atoms. The van der Waals surface area contributed by atoms with Crippen LogP contribution in [0.1, 0.15) is 28.9 Å². The van der Waals surface area contributed by atoms with E-state index in [-0.39, 0.29) is 23.9 Å². The largest absolute Gasteiger partial charge is 0.493 e. The number of benzene rings is 2. The first-order valence-electron chi connectivity index (χ1n) is 10.9. The molecule has 1 amide bonds. The van der Waals surface area contributed by atoms with Gasteiger partial charge in [0, 0.05) is 6.54 Å². The van der Waals surface area contributed by atoms with Gasteiger partial charge in [-0.3, -0.25) is 14.2 Å². The monoisotopic (exact) mass is 445 g/mol. The molecule has 0 saturated heterocycles. The number of methoxy groups -OCH3 is 1. The van der Waals surface area contributed by atoms with Gasteiger partial charge in [-0.05, 0) is 43.0 Å². The minimum Gasteiger partial charge on any atom is -0.493 e. The molecule has 2 heterocycles. The zero-order valence-electron chi connectivity index (χ0n) is 19.1. The smallest absolute Gasteiger partial charge is 0.257 e. The maximum absolute atomic E-state index is 13.2. The van der Waals surface area contributed by atoms with Crippen molar-refractivity contribution in [3.8, 4) is 11.6 Å². The number of aromatic nitrogens is 2. The van der Waals surface area contributed by atoms with Crippen LogP contribution in [0.2, 0.25) is 0 Å². The van der Waals surface area contributed by atoms with E-state index in [0.717, 1.165) is 22.4 Å². The third-order valence-electron chi connectivity index (χ3n) is 5.58. The van der Waals surface area contributed by atoms with Crippen molar-refractivity contribution in [3.05, 3.63) is 87.5 Å². The minimum absolute atomic E-state index is 0.188. The molecule has 0 bridgehead atoms. The van der Waals surface area contributed by atoms with Crippen LogP contribution in [0.4, 0.5) is 0 Å². The zero-order valence-corrected chi connectivity index (χ0v) is 19.1. The fourth-order valence-electron chi connectivity index (χ4n) is 3.92. The maximum atomic E-state index is 13.2. The summed E-state index contributed by atoms with van der Waals surface area (Å²) >= 11 is 0. The predicted molar refractivity (Wildman–Crippen MR) is 127 cm³/mol. The van der Waals surface area contributed by atoms with E-state index in [1.54, 1.807) is 0 Å². The van der Waals surface area contributed by atoms with Crippen LogP contribution in [-0.2, 0) is 11.3 Å². The summed E-state index contributed by atoms with van der Waals surface area (Å²) in [5.74, 6) is 1.09. The standard InChI is InChI=1S/C26H27N3O4/c1-17-10-11-21(18(2)14-17)33-13-7-12-27-26(31)24-20(19-8-5-4-6-9-19)16-29-23(30)15-22(32-3)28-25(24)29/h4-6,8-11,14-15H,7,12-13,16H2,1-3H3,(H,27,31). The molecule has 1 N–H and O–H groups in total. The number of ether oxygens (including phenoxy) is 2. The van der Waals surface area contributed by atoms with Crippen molar-refractivity contribution in [1.82, 2.24) is 14.9 Å². The van der Waals surface area contributed by atoms with Crippen molar-refractivity contribution >= 4 is 17.1 Å². The summed E-state index contributed by atoms with van der Waals surface area (Å²) in [6.07, 6.45) is 0.644. The molecule has 7 heteroatoms. The van der Waals surface area contributed by atoms with Crippen LogP contribution in [-0.4, -0.2) is 35.7 Å². The summed E-state index contributed by atoms with van der Waals surface area (Å²) < 4.78 is 12.5. The number of amides is 1. The van der Waals surface area contributed by atoms with Gasteiger partial charge < -0.3 is 14.8 Å². The molecule has 0 unspecified atom stereocenters. The van der Waals surface area contributed by atoms with Crippen LogP contribution in [0.5, 0.6) is 11.6 Å². The number of fused-ring (bicyclic) bond motifs is 1. The molecule has 0 fully saturated rings. The van der Waals surface area contributed by atoms with Crippen LogP contribution in [0, 0.1) is 13.8 Å². The Hall–Kier alpha value is -3.87. The van der Waals surface area contributed by atoms with E-state index in [4.69, 9.17) is 9.47 Å². The van der Waals surface area contributed by atoms with Crippen molar-refractivity contribution < 1.29 is 14.3 Å². The van der Waals surface area contributed by atoms with Crippen LogP contribution in [0.15, 0.2) is 59.4 Å². The number of carbonyl (C=O) groups excluding carboxylic acids is 1. The zero-order chi connectivity index (χ0) is 23.4. The van der Waals surface area contributed by atoms with E-state index in [9.17, 15) is 9.59 Å². The summed E-state index contributed by atoms with van der Waals surface area (Å²) in [5, 5.41) is 2.96. The molecular weight excluding hydrogens is 418 g/mol. The Balaban J connectivity index is 1.49. The molecule has 1 aromatic heterocycles. The van der Waals surface area contributed by atoms with E-state index >= 15 is 0 Å². The molecule has 7 nitrogen and oxygen atoms in total. The molecule has 1 aliphatic heterocycles. The fraction of sp³-hybridized carbons (Fsp3) is 0.269. The summed E-state index contributed by atoms with van der Waals surface area (Å²) in [7, 11) is 1.45. The highest BCUT2D eigenvalue weighted by Gasteiger charge is 2.30. The average Bonchev–Trinajstić information content (AvgIpc) is 3.20. The highest BCUT2D eigenvalue weighted by molar-refractivity contribution is 6.27. The van der Waals surface area contributed by atoms with Gasteiger partial charge in [-0.15, -0.1) is 0 Å². The van der Waals surface area contributed by atoms with Gasteiger partial charge >= 0.3 is 0 Å². The van der Waals surface area contributed by atoms with Crippen LogP contribution >= 0.6 is 0 Å². The summed E-state index contributed by atoms with van der Waals surface area (Å²) in [6.45, 7) is 5.26. The van der Waals surface area contributed by atoms with Crippen LogP contribution in [0.3, 0.4) is 0 Å². The lowest BCUT2D eigenvalue weighted by Crippen LogP contribution is -2.28. The first-order chi connectivity index (χ1) is 16.0. The number of hydrogen-bond acceptors (Lipinski definition) is 5.